The lowest BCUT2D eigenvalue weighted by atomic mass is 9.83. The van der Waals surface area contributed by atoms with Crippen molar-refractivity contribution in [2.45, 2.75) is 33.1 Å². The monoisotopic (exact) mass is 252 g/mol. The number of primary amides is 1. The lowest BCUT2D eigenvalue weighted by Gasteiger charge is -2.23. The zero-order valence-electron chi connectivity index (χ0n) is 11.3. The smallest absolute Gasteiger partial charge is 0.223 e. The van der Waals surface area contributed by atoms with Crippen molar-refractivity contribution in [1.29, 1.82) is 0 Å². The molecule has 2 unspecified atom stereocenters. The first-order valence-electron chi connectivity index (χ1n) is 6.69. The predicted octanol–water partition coefficient (Wildman–Crippen LogP) is 1.46. The maximum Gasteiger partial charge on any atom is 0.223 e. The molecule has 0 saturated heterocycles. The Labute approximate surface area is 109 Å². The highest BCUT2D eigenvalue weighted by atomic mass is 16.2. The topological polar surface area (TPSA) is 72.2 Å². The van der Waals surface area contributed by atoms with Crippen LogP contribution in [0.1, 0.15) is 33.1 Å². The predicted molar refractivity (Wildman–Crippen MR) is 71.6 cm³/mol. The number of allylic oxidation sites excluding steroid dienone is 1. The van der Waals surface area contributed by atoms with Crippen LogP contribution >= 0.6 is 0 Å². The van der Waals surface area contributed by atoms with E-state index in [1.807, 2.05) is 6.92 Å². The molecule has 1 saturated carbocycles. The van der Waals surface area contributed by atoms with Gasteiger partial charge in [-0.3, -0.25) is 9.59 Å². The molecule has 102 valence electrons. The van der Waals surface area contributed by atoms with Crippen molar-refractivity contribution in [2.24, 2.45) is 29.4 Å². The van der Waals surface area contributed by atoms with Gasteiger partial charge in [0, 0.05) is 6.54 Å². The fourth-order valence-electron chi connectivity index (χ4n) is 2.47. The number of hydrogen-bond acceptors (Lipinski definition) is 2. The molecule has 18 heavy (non-hydrogen) atoms. The molecule has 0 aromatic rings. The fourth-order valence-corrected chi connectivity index (χ4v) is 2.47. The van der Waals surface area contributed by atoms with Crippen molar-refractivity contribution >= 4 is 11.8 Å². The van der Waals surface area contributed by atoms with Gasteiger partial charge in [-0.1, -0.05) is 13.0 Å². The van der Waals surface area contributed by atoms with Gasteiger partial charge in [0.1, 0.15) is 0 Å². The van der Waals surface area contributed by atoms with Crippen molar-refractivity contribution in [3.63, 3.8) is 0 Å². The summed E-state index contributed by atoms with van der Waals surface area (Å²) < 4.78 is 0. The molecule has 0 heterocycles. The van der Waals surface area contributed by atoms with Crippen molar-refractivity contribution in [3.8, 4) is 0 Å². The van der Waals surface area contributed by atoms with Crippen LogP contribution < -0.4 is 11.1 Å². The summed E-state index contributed by atoms with van der Waals surface area (Å²) in [5, 5.41) is 2.81. The second-order valence-corrected chi connectivity index (χ2v) is 5.24. The molecule has 4 heteroatoms. The average Bonchev–Trinajstić information content (AvgIpc) is 2.99. The average molecular weight is 252 g/mol. The van der Waals surface area contributed by atoms with E-state index < -0.39 is 11.8 Å². The maximum absolute atomic E-state index is 12.1. The second kappa shape index (κ2) is 6.57. The summed E-state index contributed by atoms with van der Waals surface area (Å²) in [6, 6.07) is 0. The van der Waals surface area contributed by atoms with Crippen molar-refractivity contribution in [3.05, 3.63) is 12.7 Å². The molecule has 1 fully saturated rings. The quantitative estimate of drug-likeness (QED) is 0.642. The maximum atomic E-state index is 12.1. The van der Waals surface area contributed by atoms with Gasteiger partial charge in [-0.05, 0) is 38.0 Å². The second-order valence-electron chi connectivity index (χ2n) is 5.24. The van der Waals surface area contributed by atoms with Crippen LogP contribution in [0.15, 0.2) is 12.7 Å². The zero-order valence-corrected chi connectivity index (χ0v) is 11.3. The summed E-state index contributed by atoms with van der Waals surface area (Å²) in [5.41, 5.74) is 5.42. The number of amides is 2. The summed E-state index contributed by atoms with van der Waals surface area (Å²) >= 11 is 0. The van der Waals surface area contributed by atoms with Gasteiger partial charge in [0.15, 0.2) is 0 Å². The van der Waals surface area contributed by atoms with E-state index in [1.54, 1.807) is 6.08 Å². The van der Waals surface area contributed by atoms with E-state index in [0.717, 1.165) is 12.8 Å². The minimum absolute atomic E-state index is 0.0535. The van der Waals surface area contributed by atoms with E-state index >= 15 is 0 Å². The third-order valence-electron chi connectivity index (χ3n) is 3.79. The first-order chi connectivity index (χ1) is 8.51. The van der Waals surface area contributed by atoms with Crippen LogP contribution in [-0.4, -0.2) is 18.4 Å². The van der Waals surface area contributed by atoms with E-state index in [1.165, 1.54) is 0 Å². The van der Waals surface area contributed by atoms with Gasteiger partial charge in [0.05, 0.1) is 11.8 Å². The summed E-state index contributed by atoms with van der Waals surface area (Å²) in [5.74, 6) is 0.0300. The van der Waals surface area contributed by atoms with Gasteiger partial charge in [-0.25, -0.2) is 0 Å². The number of carbonyl (C=O) groups excluding carboxylic acids is 2. The molecule has 1 aliphatic rings. The summed E-state index contributed by atoms with van der Waals surface area (Å²) in [6.07, 6.45) is 4.04. The molecule has 0 aliphatic heterocycles. The number of hydrogen-bond donors (Lipinski definition) is 2. The molecule has 0 aromatic heterocycles. The minimum Gasteiger partial charge on any atom is -0.369 e. The van der Waals surface area contributed by atoms with Crippen LogP contribution in [-0.2, 0) is 9.59 Å². The van der Waals surface area contributed by atoms with Gasteiger partial charge in [0.2, 0.25) is 11.8 Å². The molecule has 3 N–H and O–H groups in total. The molecule has 4 atom stereocenters. The highest BCUT2D eigenvalue weighted by Gasteiger charge is 2.40. The van der Waals surface area contributed by atoms with E-state index in [9.17, 15) is 9.59 Å². The minimum atomic E-state index is -0.429. The van der Waals surface area contributed by atoms with Gasteiger partial charge < -0.3 is 11.1 Å². The lowest BCUT2D eigenvalue weighted by molar-refractivity contribution is -0.133. The number of rotatable bonds is 8. The molecule has 0 aromatic carbocycles. The standard InChI is InChI=1S/C14H24N2O2/c1-4-6-11(13(15)17)12(14(18)16-5-2)8-10-7-9(10)3/h4,9-12H,1,5-8H2,2-3H3,(H2,15,17)(H,16,18)/t9?,10?,11-,12+/m0/s1. The normalized spacial score (nSPS) is 25.0. The van der Waals surface area contributed by atoms with Crippen molar-refractivity contribution < 1.29 is 9.59 Å². The Morgan fingerprint density at radius 1 is 1.50 bits per heavy atom. The zero-order chi connectivity index (χ0) is 13.7. The first-order valence-corrected chi connectivity index (χ1v) is 6.69. The van der Waals surface area contributed by atoms with Gasteiger partial charge in [-0.2, -0.15) is 0 Å². The lowest BCUT2D eigenvalue weighted by Crippen LogP contribution is -2.40. The molecule has 2 amide bonds. The molecular formula is C14H24N2O2. The van der Waals surface area contributed by atoms with Crippen LogP contribution in [0, 0.1) is 23.7 Å². The van der Waals surface area contributed by atoms with Crippen LogP contribution in [0.3, 0.4) is 0 Å². The number of nitrogens with two attached hydrogens (primary N) is 1. The molecule has 0 bridgehead atoms. The first kappa shape index (κ1) is 14.7. The van der Waals surface area contributed by atoms with Crippen LogP contribution in [0.5, 0.6) is 0 Å². The summed E-state index contributed by atoms with van der Waals surface area (Å²) in [6.45, 7) is 8.27. The molecule has 1 rings (SSSR count). The van der Waals surface area contributed by atoms with Crippen LogP contribution in [0.4, 0.5) is 0 Å². The van der Waals surface area contributed by atoms with E-state index in [4.69, 9.17) is 5.73 Å². The van der Waals surface area contributed by atoms with Crippen LogP contribution in [0.2, 0.25) is 0 Å². The third kappa shape index (κ3) is 3.86. The molecule has 0 radical (unpaired) electrons. The van der Waals surface area contributed by atoms with Gasteiger partial charge in [0.25, 0.3) is 0 Å². The molecule has 1 aliphatic carbocycles. The van der Waals surface area contributed by atoms with E-state index in [2.05, 4.69) is 18.8 Å². The third-order valence-corrected chi connectivity index (χ3v) is 3.79. The van der Waals surface area contributed by atoms with Crippen LogP contribution in [0.25, 0.3) is 0 Å². The Balaban J connectivity index is 2.75. The largest absolute Gasteiger partial charge is 0.369 e. The number of carbonyl (C=O) groups is 2. The molecule has 4 nitrogen and oxygen atoms in total. The van der Waals surface area contributed by atoms with Crippen molar-refractivity contribution in [1.82, 2.24) is 5.32 Å². The Bertz CT molecular complexity index is 328. The molecule has 0 spiro atoms. The Kier molecular flexibility index (Phi) is 5.38. The van der Waals surface area contributed by atoms with Gasteiger partial charge >= 0.3 is 0 Å². The summed E-state index contributed by atoms with van der Waals surface area (Å²) in [4.78, 5) is 23.6. The Morgan fingerprint density at radius 3 is 2.50 bits per heavy atom. The van der Waals surface area contributed by atoms with E-state index in [0.29, 0.717) is 24.8 Å². The highest BCUT2D eigenvalue weighted by molar-refractivity contribution is 5.87. The van der Waals surface area contributed by atoms with Crippen molar-refractivity contribution in [2.75, 3.05) is 6.54 Å². The Hall–Kier alpha value is -1.32. The molecular weight excluding hydrogens is 228 g/mol. The Morgan fingerprint density at radius 2 is 2.11 bits per heavy atom. The van der Waals surface area contributed by atoms with E-state index in [-0.39, 0.29) is 11.8 Å². The number of nitrogens with one attached hydrogen (secondary N) is 1. The fraction of sp³-hybridized carbons (Fsp3) is 0.714. The SMILES string of the molecule is C=CC[C@H](C(N)=O)[C@@H](CC1CC1C)C(=O)NCC. The van der Waals surface area contributed by atoms with Gasteiger partial charge in [-0.15, -0.1) is 6.58 Å². The summed E-state index contributed by atoms with van der Waals surface area (Å²) in [7, 11) is 0. The highest BCUT2D eigenvalue weighted by Crippen LogP contribution is 2.44.